The van der Waals surface area contributed by atoms with Crippen molar-refractivity contribution in [2.24, 2.45) is 0 Å². The first-order valence-electron chi connectivity index (χ1n) is 14.2. The van der Waals surface area contributed by atoms with Crippen molar-refractivity contribution in [2.45, 2.75) is 0 Å². The van der Waals surface area contributed by atoms with Gasteiger partial charge in [0.15, 0.2) is 0 Å². The maximum Gasteiger partial charge on any atom is 0.146 e. The molecule has 0 atom stereocenters. The van der Waals surface area contributed by atoms with Crippen LogP contribution in [0.2, 0.25) is 0 Å². The molecule has 2 aromatic heterocycles. The van der Waals surface area contributed by atoms with Crippen LogP contribution in [0, 0.1) is 0 Å². The van der Waals surface area contributed by atoms with Crippen molar-refractivity contribution in [2.75, 3.05) is 0 Å². The number of aromatic nitrogens is 2. The predicted octanol–water partition coefficient (Wildman–Crippen LogP) is 10.6. The van der Waals surface area contributed by atoms with E-state index in [1.54, 1.807) is 0 Å². The van der Waals surface area contributed by atoms with Gasteiger partial charge in [-0.25, -0.2) is 4.98 Å². The van der Waals surface area contributed by atoms with E-state index in [2.05, 4.69) is 138 Å². The number of benzene rings is 7. The zero-order valence-electron chi connectivity index (χ0n) is 22.7. The van der Waals surface area contributed by atoms with E-state index in [-0.39, 0.29) is 0 Å². The molecule has 9 aromatic rings. The average molecular weight is 537 g/mol. The molecule has 9 rings (SSSR count). The molecule has 0 bridgehead atoms. The zero-order valence-corrected chi connectivity index (χ0v) is 22.7. The summed E-state index contributed by atoms with van der Waals surface area (Å²) < 4.78 is 8.47. The molecule has 0 saturated heterocycles. The number of nitrogens with zero attached hydrogens (tertiary/aromatic N) is 2. The van der Waals surface area contributed by atoms with Crippen molar-refractivity contribution in [1.29, 1.82) is 0 Å². The molecule has 0 N–H and O–H groups in total. The van der Waals surface area contributed by atoms with Crippen LogP contribution in [-0.2, 0) is 0 Å². The lowest BCUT2D eigenvalue weighted by Gasteiger charge is -2.18. The number of hydrogen-bond acceptors (Lipinski definition) is 2. The van der Waals surface area contributed by atoms with Gasteiger partial charge in [-0.2, -0.15) is 0 Å². The van der Waals surface area contributed by atoms with E-state index in [4.69, 9.17) is 9.40 Å². The second-order valence-electron chi connectivity index (χ2n) is 10.7. The van der Waals surface area contributed by atoms with Gasteiger partial charge in [-0.3, -0.25) is 4.57 Å². The third-order valence-electron chi connectivity index (χ3n) is 8.40. The SMILES string of the molecule is c1ccc(-n2c(-c3c4ccccc4c(-c4ccc5oc6ccccc6c5c4)c4ccccc34)nc3ccccc32)cc1. The third-order valence-corrected chi connectivity index (χ3v) is 8.40. The van der Waals surface area contributed by atoms with E-state index >= 15 is 0 Å². The first kappa shape index (κ1) is 23.1. The highest BCUT2D eigenvalue weighted by molar-refractivity contribution is 6.22. The van der Waals surface area contributed by atoms with Crippen LogP contribution in [0.4, 0.5) is 0 Å². The van der Waals surface area contributed by atoms with E-state index < -0.39 is 0 Å². The number of para-hydroxylation sites is 4. The molecule has 3 heteroatoms. The van der Waals surface area contributed by atoms with Crippen molar-refractivity contribution in [1.82, 2.24) is 9.55 Å². The number of imidazole rings is 1. The van der Waals surface area contributed by atoms with Crippen LogP contribution in [0.15, 0.2) is 150 Å². The monoisotopic (exact) mass is 536 g/mol. The normalized spacial score (nSPS) is 11.8. The van der Waals surface area contributed by atoms with Crippen molar-refractivity contribution < 1.29 is 4.42 Å². The summed E-state index contributed by atoms with van der Waals surface area (Å²) in [6, 6.07) is 51.3. The Bertz CT molecular complexity index is 2410. The quantitative estimate of drug-likeness (QED) is 0.210. The Kier molecular flexibility index (Phi) is 4.90. The Labute approximate surface area is 241 Å². The standard InChI is InChI=1S/C39H24N2O/c1-2-12-26(13-3-1)41-34-20-10-9-19-33(34)40-39(41)38-30-17-6-4-15-28(30)37(29-16-5-7-18-31(29)38)25-22-23-36-32(24-25)27-14-8-11-21-35(27)42-36/h1-24H. The summed E-state index contributed by atoms with van der Waals surface area (Å²) in [5.74, 6) is 0.942. The third kappa shape index (κ3) is 3.31. The summed E-state index contributed by atoms with van der Waals surface area (Å²) in [6.07, 6.45) is 0. The van der Waals surface area contributed by atoms with Crippen molar-refractivity contribution in [3.63, 3.8) is 0 Å². The molecule has 42 heavy (non-hydrogen) atoms. The Hall–Kier alpha value is -5.67. The highest BCUT2D eigenvalue weighted by Crippen LogP contribution is 2.45. The van der Waals surface area contributed by atoms with Gasteiger partial charge in [-0.15, -0.1) is 0 Å². The topological polar surface area (TPSA) is 31.0 Å². The first-order chi connectivity index (χ1) is 20.8. The van der Waals surface area contributed by atoms with Crippen LogP contribution < -0.4 is 0 Å². The van der Waals surface area contributed by atoms with Gasteiger partial charge >= 0.3 is 0 Å². The van der Waals surface area contributed by atoms with Gasteiger partial charge in [0.2, 0.25) is 0 Å². The molecule has 2 heterocycles. The summed E-state index contributed by atoms with van der Waals surface area (Å²) in [4.78, 5) is 5.28. The van der Waals surface area contributed by atoms with Gasteiger partial charge in [0, 0.05) is 22.0 Å². The molecule has 0 fully saturated rings. The number of fused-ring (bicyclic) bond motifs is 6. The van der Waals surface area contributed by atoms with Crippen LogP contribution in [0.3, 0.4) is 0 Å². The smallest absolute Gasteiger partial charge is 0.146 e. The van der Waals surface area contributed by atoms with Crippen LogP contribution >= 0.6 is 0 Å². The Morgan fingerprint density at radius 2 is 1.02 bits per heavy atom. The fourth-order valence-electron chi connectivity index (χ4n) is 6.59. The fourth-order valence-corrected chi connectivity index (χ4v) is 6.59. The lowest BCUT2D eigenvalue weighted by Crippen LogP contribution is -1.99. The van der Waals surface area contributed by atoms with Crippen LogP contribution in [0.25, 0.3) is 82.7 Å². The summed E-state index contributed by atoms with van der Waals surface area (Å²) in [6.45, 7) is 0. The minimum atomic E-state index is 0.904. The molecule has 0 aliphatic rings. The van der Waals surface area contributed by atoms with E-state index in [1.807, 2.05) is 12.1 Å². The number of furan rings is 1. The first-order valence-corrected chi connectivity index (χ1v) is 14.2. The second-order valence-corrected chi connectivity index (χ2v) is 10.7. The lowest BCUT2D eigenvalue weighted by molar-refractivity contribution is 0.669. The molecule has 7 aromatic carbocycles. The van der Waals surface area contributed by atoms with Gasteiger partial charge in [0.05, 0.1) is 11.0 Å². The molecule has 0 amide bonds. The lowest BCUT2D eigenvalue weighted by atomic mass is 9.87. The van der Waals surface area contributed by atoms with E-state index in [9.17, 15) is 0 Å². The summed E-state index contributed by atoms with van der Waals surface area (Å²) in [5.41, 5.74) is 8.51. The van der Waals surface area contributed by atoms with Gasteiger partial charge in [-0.1, -0.05) is 103 Å². The maximum absolute atomic E-state index is 6.17. The fraction of sp³-hybridized carbons (Fsp3) is 0. The highest BCUT2D eigenvalue weighted by Gasteiger charge is 2.22. The molecule has 0 unspecified atom stereocenters. The summed E-state index contributed by atoms with van der Waals surface area (Å²) in [5, 5.41) is 7.02. The van der Waals surface area contributed by atoms with Gasteiger partial charge in [0.1, 0.15) is 17.0 Å². The average Bonchev–Trinajstić information content (AvgIpc) is 3.62. The highest BCUT2D eigenvalue weighted by atomic mass is 16.3. The second kappa shape index (κ2) is 8.92. The molecule has 0 saturated carbocycles. The van der Waals surface area contributed by atoms with Crippen LogP contribution in [0.1, 0.15) is 0 Å². The van der Waals surface area contributed by atoms with Gasteiger partial charge in [-0.05, 0) is 75.1 Å². The zero-order chi connectivity index (χ0) is 27.6. The Morgan fingerprint density at radius 1 is 0.452 bits per heavy atom. The molecule has 0 aliphatic carbocycles. The van der Waals surface area contributed by atoms with Gasteiger partial charge < -0.3 is 4.42 Å². The van der Waals surface area contributed by atoms with Crippen molar-refractivity contribution >= 4 is 54.5 Å². The van der Waals surface area contributed by atoms with E-state index in [0.29, 0.717) is 0 Å². The Balaban J connectivity index is 1.42. The molecular weight excluding hydrogens is 512 g/mol. The molecule has 3 nitrogen and oxygen atoms in total. The largest absolute Gasteiger partial charge is 0.456 e. The molecule has 0 spiro atoms. The molecular formula is C39H24N2O. The minimum Gasteiger partial charge on any atom is -0.456 e. The van der Waals surface area contributed by atoms with Crippen LogP contribution in [0.5, 0.6) is 0 Å². The van der Waals surface area contributed by atoms with E-state index in [1.165, 1.54) is 32.7 Å². The van der Waals surface area contributed by atoms with Crippen molar-refractivity contribution in [3.8, 4) is 28.2 Å². The maximum atomic E-state index is 6.17. The summed E-state index contributed by atoms with van der Waals surface area (Å²) >= 11 is 0. The van der Waals surface area contributed by atoms with Crippen molar-refractivity contribution in [3.05, 3.63) is 146 Å². The molecule has 0 radical (unpaired) electrons. The minimum absolute atomic E-state index is 0.904. The predicted molar refractivity (Wildman–Crippen MR) is 174 cm³/mol. The van der Waals surface area contributed by atoms with Crippen LogP contribution in [-0.4, -0.2) is 9.55 Å². The Morgan fingerprint density at radius 3 is 1.76 bits per heavy atom. The number of rotatable bonds is 3. The number of hydrogen-bond donors (Lipinski definition) is 0. The van der Waals surface area contributed by atoms with Gasteiger partial charge in [0.25, 0.3) is 0 Å². The summed E-state index contributed by atoms with van der Waals surface area (Å²) in [7, 11) is 0. The van der Waals surface area contributed by atoms with E-state index in [0.717, 1.165) is 50.0 Å². The molecule has 0 aliphatic heterocycles. The molecule has 196 valence electrons.